The van der Waals surface area contributed by atoms with Gasteiger partial charge in [0.2, 0.25) is 5.95 Å². The number of halogens is 1. The quantitative estimate of drug-likeness (QED) is 0.890. The molecular weight excluding hydrogens is 248 g/mol. The molecule has 0 saturated carbocycles. The molecule has 1 fully saturated rings. The molecule has 0 atom stereocenters. The summed E-state index contributed by atoms with van der Waals surface area (Å²) < 4.78 is 0. The molecule has 1 aromatic rings. The predicted molar refractivity (Wildman–Crippen MR) is 75.1 cm³/mol. The Bertz CT molecular complexity index is 349. The maximum atomic E-state index is 5.83. The zero-order valence-corrected chi connectivity index (χ0v) is 11.7. The molecule has 4 nitrogen and oxygen atoms in total. The Labute approximate surface area is 114 Å². The second kappa shape index (κ2) is 6.90. The van der Waals surface area contributed by atoms with E-state index in [1.165, 1.54) is 12.8 Å². The van der Waals surface area contributed by atoms with Crippen LogP contribution in [0.5, 0.6) is 0 Å². The lowest BCUT2D eigenvalue weighted by Crippen LogP contribution is -2.37. The lowest BCUT2D eigenvalue weighted by molar-refractivity contribution is 0.372. The summed E-state index contributed by atoms with van der Waals surface area (Å²) in [5.74, 6) is 1.55. The van der Waals surface area contributed by atoms with Crippen molar-refractivity contribution in [3.05, 3.63) is 17.4 Å². The number of anilines is 1. The molecule has 0 aromatic carbocycles. The third-order valence-corrected chi connectivity index (χ3v) is 3.52. The van der Waals surface area contributed by atoms with E-state index < -0.39 is 0 Å². The minimum atomic E-state index is 0.595. The van der Waals surface area contributed by atoms with Crippen molar-refractivity contribution in [1.82, 2.24) is 15.3 Å². The SMILES string of the molecule is CCCN(CC1CCNCC1)c1ncc(Cl)cn1. The third kappa shape index (κ3) is 3.82. The Kier molecular flexibility index (Phi) is 5.20. The summed E-state index contributed by atoms with van der Waals surface area (Å²) in [5.41, 5.74) is 0. The van der Waals surface area contributed by atoms with E-state index in [9.17, 15) is 0 Å². The van der Waals surface area contributed by atoms with Crippen LogP contribution in [-0.4, -0.2) is 36.1 Å². The predicted octanol–water partition coefficient (Wildman–Crippen LogP) is 2.35. The van der Waals surface area contributed by atoms with Crippen LogP contribution in [0, 0.1) is 5.92 Å². The highest BCUT2D eigenvalue weighted by atomic mass is 35.5. The number of hydrogen-bond acceptors (Lipinski definition) is 4. The van der Waals surface area contributed by atoms with Gasteiger partial charge < -0.3 is 10.2 Å². The molecule has 1 aliphatic heterocycles. The molecule has 0 aliphatic carbocycles. The van der Waals surface area contributed by atoms with Crippen molar-refractivity contribution < 1.29 is 0 Å². The van der Waals surface area contributed by atoms with Gasteiger partial charge in [0.15, 0.2) is 0 Å². The normalized spacial score (nSPS) is 16.8. The van der Waals surface area contributed by atoms with E-state index in [4.69, 9.17) is 11.6 Å². The zero-order chi connectivity index (χ0) is 12.8. The molecule has 2 rings (SSSR count). The van der Waals surface area contributed by atoms with Crippen molar-refractivity contribution in [3.63, 3.8) is 0 Å². The van der Waals surface area contributed by atoms with Gasteiger partial charge in [-0.2, -0.15) is 0 Å². The Hall–Kier alpha value is -0.870. The van der Waals surface area contributed by atoms with Gasteiger partial charge in [0.05, 0.1) is 17.4 Å². The fourth-order valence-corrected chi connectivity index (χ4v) is 2.49. The van der Waals surface area contributed by atoms with Crippen molar-refractivity contribution in [1.29, 1.82) is 0 Å². The molecule has 0 bridgehead atoms. The summed E-state index contributed by atoms with van der Waals surface area (Å²) in [7, 11) is 0. The minimum Gasteiger partial charge on any atom is -0.341 e. The third-order valence-electron chi connectivity index (χ3n) is 3.32. The van der Waals surface area contributed by atoms with Crippen LogP contribution < -0.4 is 10.2 Å². The Morgan fingerprint density at radius 3 is 2.61 bits per heavy atom. The van der Waals surface area contributed by atoms with Crippen LogP contribution in [0.1, 0.15) is 26.2 Å². The van der Waals surface area contributed by atoms with E-state index in [-0.39, 0.29) is 0 Å². The van der Waals surface area contributed by atoms with E-state index >= 15 is 0 Å². The topological polar surface area (TPSA) is 41.0 Å². The summed E-state index contributed by atoms with van der Waals surface area (Å²) in [6.45, 7) is 6.51. The summed E-state index contributed by atoms with van der Waals surface area (Å²) in [6, 6.07) is 0. The van der Waals surface area contributed by atoms with Crippen molar-refractivity contribution >= 4 is 17.5 Å². The number of aromatic nitrogens is 2. The molecule has 1 N–H and O–H groups in total. The van der Waals surface area contributed by atoms with Gasteiger partial charge >= 0.3 is 0 Å². The second-order valence-electron chi connectivity index (χ2n) is 4.84. The van der Waals surface area contributed by atoms with Gasteiger partial charge in [-0.15, -0.1) is 0 Å². The van der Waals surface area contributed by atoms with Gasteiger partial charge in [-0.25, -0.2) is 9.97 Å². The van der Waals surface area contributed by atoms with Crippen LogP contribution in [0.4, 0.5) is 5.95 Å². The monoisotopic (exact) mass is 268 g/mol. The van der Waals surface area contributed by atoms with Crippen LogP contribution in [0.3, 0.4) is 0 Å². The number of rotatable bonds is 5. The fourth-order valence-electron chi connectivity index (χ4n) is 2.39. The lowest BCUT2D eigenvalue weighted by Gasteiger charge is -2.29. The van der Waals surface area contributed by atoms with Gasteiger partial charge in [-0.3, -0.25) is 0 Å². The first-order chi connectivity index (χ1) is 8.79. The second-order valence-corrected chi connectivity index (χ2v) is 5.28. The molecule has 5 heteroatoms. The molecular formula is C13H21ClN4. The van der Waals surface area contributed by atoms with Crippen LogP contribution in [-0.2, 0) is 0 Å². The number of hydrogen-bond donors (Lipinski definition) is 1. The molecule has 0 amide bonds. The van der Waals surface area contributed by atoms with Gasteiger partial charge in [-0.1, -0.05) is 18.5 Å². The molecule has 1 saturated heterocycles. The highest BCUT2D eigenvalue weighted by molar-refractivity contribution is 6.30. The molecule has 0 spiro atoms. The van der Waals surface area contributed by atoms with Crippen molar-refractivity contribution in [3.8, 4) is 0 Å². The van der Waals surface area contributed by atoms with Crippen LogP contribution in [0.25, 0.3) is 0 Å². The number of piperidine rings is 1. The first-order valence-electron chi connectivity index (χ1n) is 6.72. The lowest BCUT2D eigenvalue weighted by atomic mass is 9.97. The Balaban J connectivity index is 2.00. The molecule has 18 heavy (non-hydrogen) atoms. The molecule has 2 heterocycles. The maximum absolute atomic E-state index is 5.83. The molecule has 0 unspecified atom stereocenters. The van der Waals surface area contributed by atoms with Gasteiger partial charge in [0.1, 0.15) is 0 Å². The van der Waals surface area contributed by atoms with E-state index in [0.29, 0.717) is 5.02 Å². The first-order valence-corrected chi connectivity index (χ1v) is 7.10. The van der Waals surface area contributed by atoms with Crippen LogP contribution in [0.2, 0.25) is 5.02 Å². The molecule has 0 radical (unpaired) electrons. The van der Waals surface area contributed by atoms with Gasteiger partial charge in [0, 0.05) is 13.1 Å². The van der Waals surface area contributed by atoms with Crippen LogP contribution >= 0.6 is 11.6 Å². The average Bonchev–Trinajstić information content (AvgIpc) is 2.40. The van der Waals surface area contributed by atoms with E-state index in [2.05, 4.69) is 27.1 Å². The fraction of sp³-hybridized carbons (Fsp3) is 0.692. The summed E-state index contributed by atoms with van der Waals surface area (Å²) in [6.07, 6.45) is 6.95. The number of nitrogens with zero attached hydrogens (tertiary/aromatic N) is 3. The summed E-state index contributed by atoms with van der Waals surface area (Å²) in [5, 5.41) is 3.99. The molecule has 1 aliphatic rings. The first kappa shape index (κ1) is 13.6. The van der Waals surface area contributed by atoms with E-state index in [1.54, 1.807) is 12.4 Å². The molecule has 100 valence electrons. The Morgan fingerprint density at radius 2 is 2.00 bits per heavy atom. The van der Waals surface area contributed by atoms with Crippen LogP contribution in [0.15, 0.2) is 12.4 Å². The largest absolute Gasteiger partial charge is 0.341 e. The van der Waals surface area contributed by atoms with E-state index in [1.807, 2.05) is 0 Å². The van der Waals surface area contributed by atoms with Crippen molar-refractivity contribution in [2.75, 3.05) is 31.1 Å². The Morgan fingerprint density at radius 1 is 1.33 bits per heavy atom. The highest BCUT2D eigenvalue weighted by Gasteiger charge is 2.18. The number of nitrogens with one attached hydrogen (secondary N) is 1. The van der Waals surface area contributed by atoms with Crippen molar-refractivity contribution in [2.45, 2.75) is 26.2 Å². The highest BCUT2D eigenvalue weighted by Crippen LogP contribution is 2.17. The van der Waals surface area contributed by atoms with E-state index in [0.717, 1.165) is 44.5 Å². The molecule has 1 aromatic heterocycles. The van der Waals surface area contributed by atoms with Gasteiger partial charge in [0.25, 0.3) is 0 Å². The maximum Gasteiger partial charge on any atom is 0.225 e. The smallest absolute Gasteiger partial charge is 0.225 e. The zero-order valence-electron chi connectivity index (χ0n) is 10.9. The summed E-state index contributed by atoms with van der Waals surface area (Å²) >= 11 is 5.83. The summed E-state index contributed by atoms with van der Waals surface area (Å²) in [4.78, 5) is 10.9. The van der Waals surface area contributed by atoms with Gasteiger partial charge in [-0.05, 0) is 38.3 Å². The standard InChI is InChI=1S/C13H21ClN4/c1-2-7-18(10-11-3-5-15-6-4-11)13-16-8-12(14)9-17-13/h8-9,11,15H,2-7,10H2,1H3. The minimum absolute atomic E-state index is 0.595. The average molecular weight is 269 g/mol. The van der Waals surface area contributed by atoms with Crippen molar-refractivity contribution in [2.24, 2.45) is 5.92 Å².